The summed E-state index contributed by atoms with van der Waals surface area (Å²) in [6.07, 6.45) is 0.655. The summed E-state index contributed by atoms with van der Waals surface area (Å²) in [5.74, 6) is 0.389. The maximum Gasteiger partial charge on any atom is 0.407 e. The number of nitrogens with one attached hydrogen (secondary N) is 1. The van der Waals surface area contributed by atoms with E-state index in [1.54, 1.807) is 0 Å². The molecule has 0 aromatic heterocycles. The molecular weight excluding hydrogens is 617 g/mol. The fraction of sp³-hybridized carbons (Fsp3) is 0.394. The van der Waals surface area contributed by atoms with Gasteiger partial charge in [0.05, 0.1) is 6.42 Å². The fourth-order valence-corrected chi connectivity index (χ4v) is 4.72. The van der Waals surface area contributed by atoms with E-state index in [1.165, 1.54) is 5.56 Å². The van der Waals surface area contributed by atoms with Crippen molar-refractivity contribution in [2.24, 2.45) is 0 Å². The van der Waals surface area contributed by atoms with E-state index in [4.69, 9.17) is 14.2 Å². The summed E-state index contributed by atoms with van der Waals surface area (Å²) < 4.78 is 18.1. The molecule has 1 amide bonds. The van der Waals surface area contributed by atoms with Gasteiger partial charge in [-0.15, -0.1) is 0 Å². The third-order valence-electron chi connectivity index (χ3n) is 5.65. The molecule has 0 unspecified atom stereocenters. The van der Waals surface area contributed by atoms with Crippen LogP contribution in [-0.4, -0.2) is 27.7 Å². The summed E-state index contributed by atoms with van der Waals surface area (Å²) in [5, 5.41) is 2.83. The lowest BCUT2D eigenvalue weighted by Gasteiger charge is -2.20. The Balaban J connectivity index is 1.77. The Labute approximate surface area is 251 Å². The zero-order chi connectivity index (χ0) is 29.3. The van der Waals surface area contributed by atoms with Crippen molar-refractivity contribution in [3.8, 4) is 16.9 Å². The van der Waals surface area contributed by atoms with Crippen molar-refractivity contribution in [3.63, 3.8) is 0 Å². The van der Waals surface area contributed by atoms with E-state index < -0.39 is 17.3 Å². The molecule has 1 N–H and O–H groups in total. The van der Waals surface area contributed by atoms with Gasteiger partial charge >= 0.3 is 12.1 Å². The molecule has 0 heterocycles. The summed E-state index contributed by atoms with van der Waals surface area (Å²) in [4.78, 5) is 24.5. The van der Waals surface area contributed by atoms with Crippen LogP contribution < -0.4 is 10.1 Å². The number of ether oxygens (including phenoxy) is 3. The van der Waals surface area contributed by atoms with Crippen molar-refractivity contribution < 1.29 is 23.8 Å². The van der Waals surface area contributed by atoms with Gasteiger partial charge in [-0.1, -0.05) is 71.1 Å². The summed E-state index contributed by atoms with van der Waals surface area (Å²) in [5.41, 5.74) is 5.12. The number of para-hydroxylation sites is 1. The molecule has 0 saturated heterocycles. The van der Waals surface area contributed by atoms with Crippen LogP contribution in [0.1, 0.15) is 63.8 Å². The molecule has 0 atom stereocenters. The third kappa shape index (κ3) is 10.8. The quantitative estimate of drug-likeness (QED) is 0.137. The lowest BCUT2D eigenvalue weighted by atomic mass is 9.97. The highest BCUT2D eigenvalue weighted by Gasteiger charge is 2.18. The standard InChI is InChI=1S/C33H40INO5/c1-32(2,3)39-30(36)20-27-11-7-8-13-29(27)38-22-25-16-23(14-15-34)17-28(19-25)26-12-9-10-24(18-26)21-35-31(37)40-33(4,5)6/h7-13,16-19H,14-15,20-22H2,1-6H3,(H,35,37). The smallest absolute Gasteiger partial charge is 0.407 e. The molecule has 0 aliphatic rings. The number of rotatable bonds is 10. The highest BCUT2D eigenvalue weighted by molar-refractivity contribution is 14.1. The zero-order valence-corrected chi connectivity index (χ0v) is 26.5. The zero-order valence-electron chi connectivity index (χ0n) is 24.3. The topological polar surface area (TPSA) is 73.9 Å². The van der Waals surface area contributed by atoms with Crippen LogP contribution in [0.15, 0.2) is 66.7 Å². The van der Waals surface area contributed by atoms with Crippen molar-refractivity contribution >= 4 is 34.7 Å². The normalized spacial score (nSPS) is 11.6. The Morgan fingerprint density at radius 1 is 0.775 bits per heavy atom. The average molecular weight is 658 g/mol. The van der Waals surface area contributed by atoms with Gasteiger partial charge in [-0.2, -0.15) is 0 Å². The molecule has 0 fully saturated rings. The van der Waals surface area contributed by atoms with Crippen LogP contribution in [0.3, 0.4) is 0 Å². The monoisotopic (exact) mass is 657 g/mol. The van der Waals surface area contributed by atoms with Gasteiger partial charge in [-0.05, 0) is 94.0 Å². The maximum absolute atomic E-state index is 12.4. The average Bonchev–Trinajstić information content (AvgIpc) is 2.85. The fourth-order valence-electron chi connectivity index (χ4n) is 4.10. The molecule has 0 spiro atoms. The van der Waals surface area contributed by atoms with Crippen LogP contribution >= 0.6 is 22.6 Å². The number of aryl methyl sites for hydroxylation is 1. The van der Waals surface area contributed by atoms with Gasteiger partial charge in [0.15, 0.2) is 0 Å². The van der Waals surface area contributed by atoms with E-state index in [-0.39, 0.29) is 12.4 Å². The van der Waals surface area contributed by atoms with Crippen molar-refractivity contribution in [2.45, 2.75) is 78.7 Å². The second kappa shape index (κ2) is 14.0. The van der Waals surface area contributed by atoms with Gasteiger partial charge in [0.2, 0.25) is 0 Å². The largest absolute Gasteiger partial charge is 0.489 e. The Bertz CT molecular complexity index is 1310. The minimum absolute atomic E-state index is 0.150. The van der Waals surface area contributed by atoms with E-state index in [9.17, 15) is 9.59 Å². The summed E-state index contributed by atoms with van der Waals surface area (Å²) in [6, 6.07) is 22.2. The molecule has 214 valence electrons. The van der Waals surface area contributed by atoms with Gasteiger partial charge < -0.3 is 19.5 Å². The minimum Gasteiger partial charge on any atom is -0.489 e. The van der Waals surface area contributed by atoms with E-state index in [2.05, 4.69) is 58.2 Å². The van der Waals surface area contributed by atoms with Gasteiger partial charge in [-0.3, -0.25) is 4.79 Å². The maximum atomic E-state index is 12.4. The first-order valence-electron chi connectivity index (χ1n) is 13.5. The number of carbonyl (C=O) groups excluding carboxylic acids is 2. The summed E-state index contributed by atoms with van der Waals surface area (Å²) in [7, 11) is 0. The van der Waals surface area contributed by atoms with Crippen LogP contribution in [0.2, 0.25) is 0 Å². The number of esters is 1. The van der Waals surface area contributed by atoms with Crippen molar-refractivity contribution in [1.82, 2.24) is 5.32 Å². The highest BCUT2D eigenvalue weighted by Crippen LogP contribution is 2.27. The molecule has 0 saturated carbocycles. The number of alkyl carbamates (subject to hydrolysis) is 1. The Kier molecular flexibility index (Phi) is 11.0. The van der Waals surface area contributed by atoms with E-state index >= 15 is 0 Å². The number of amides is 1. The van der Waals surface area contributed by atoms with Crippen LogP contribution in [-0.2, 0) is 40.3 Å². The predicted molar refractivity (Wildman–Crippen MR) is 168 cm³/mol. The summed E-state index contributed by atoms with van der Waals surface area (Å²) >= 11 is 2.39. The van der Waals surface area contributed by atoms with Crippen LogP contribution in [0.4, 0.5) is 4.79 Å². The minimum atomic E-state index is -0.542. The van der Waals surface area contributed by atoms with Crippen molar-refractivity contribution in [3.05, 3.63) is 89.0 Å². The first-order chi connectivity index (χ1) is 18.8. The van der Waals surface area contributed by atoms with Crippen LogP contribution in [0.5, 0.6) is 5.75 Å². The number of benzene rings is 3. The molecule has 3 aromatic carbocycles. The SMILES string of the molecule is CC(C)(C)OC(=O)Cc1ccccc1OCc1cc(CCI)cc(-c2cccc(CNC(=O)OC(C)(C)C)c2)c1. The molecule has 0 bridgehead atoms. The molecule has 6 nitrogen and oxygen atoms in total. The molecule has 3 rings (SSSR count). The molecule has 0 aliphatic carbocycles. The molecule has 3 aromatic rings. The lowest BCUT2D eigenvalue weighted by molar-refractivity contribution is -0.153. The van der Waals surface area contributed by atoms with Crippen LogP contribution in [0, 0.1) is 0 Å². The van der Waals surface area contributed by atoms with Gasteiger partial charge in [0, 0.05) is 16.5 Å². The number of alkyl halides is 1. The van der Waals surface area contributed by atoms with Crippen molar-refractivity contribution in [2.75, 3.05) is 4.43 Å². The molecule has 0 aliphatic heterocycles. The second-order valence-corrected chi connectivity index (χ2v) is 12.8. The van der Waals surface area contributed by atoms with Crippen LogP contribution in [0.25, 0.3) is 11.1 Å². The molecule has 0 radical (unpaired) electrons. The first-order valence-corrected chi connectivity index (χ1v) is 15.0. The number of hydrogen-bond acceptors (Lipinski definition) is 5. The number of halogens is 1. The predicted octanol–water partition coefficient (Wildman–Crippen LogP) is 7.82. The summed E-state index contributed by atoms with van der Waals surface area (Å²) in [6.45, 7) is 11.9. The third-order valence-corrected chi connectivity index (χ3v) is 6.19. The molecule has 40 heavy (non-hydrogen) atoms. The highest BCUT2D eigenvalue weighted by atomic mass is 127. The Morgan fingerprint density at radius 3 is 2.15 bits per heavy atom. The number of carbonyl (C=O) groups is 2. The Hall–Kier alpha value is -3.07. The van der Waals surface area contributed by atoms with E-state index in [0.717, 1.165) is 38.7 Å². The molecule has 7 heteroatoms. The first kappa shape index (κ1) is 31.5. The van der Waals surface area contributed by atoms with Gasteiger partial charge in [0.25, 0.3) is 0 Å². The van der Waals surface area contributed by atoms with Gasteiger partial charge in [0.1, 0.15) is 23.6 Å². The van der Waals surface area contributed by atoms with E-state index in [1.807, 2.05) is 77.9 Å². The second-order valence-electron chi connectivity index (χ2n) is 11.7. The number of hydrogen-bond donors (Lipinski definition) is 1. The lowest BCUT2D eigenvalue weighted by Crippen LogP contribution is -2.32. The Morgan fingerprint density at radius 2 is 1.45 bits per heavy atom. The molecular formula is C33H40INO5. The van der Waals surface area contributed by atoms with Gasteiger partial charge in [-0.25, -0.2) is 4.79 Å². The van der Waals surface area contributed by atoms with E-state index in [0.29, 0.717) is 18.9 Å². The van der Waals surface area contributed by atoms with Crippen molar-refractivity contribution in [1.29, 1.82) is 0 Å².